The van der Waals surface area contributed by atoms with Crippen LogP contribution in [0.2, 0.25) is 5.02 Å². The van der Waals surface area contributed by atoms with Crippen LogP contribution in [0.25, 0.3) is 22.0 Å². The first kappa shape index (κ1) is 20.2. The minimum atomic E-state index is -0.925. The lowest BCUT2D eigenvalue weighted by Crippen LogP contribution is -2.43. The molecule has 0 saturated carbocycles. The molecule has 9 heteroatoms. The molecule has 3 heterocycles. The van der Waals surface area contributed by atoms with Crippen LogP contribution >= 0.6 is 11.6 Å². The maximum absolute atomic E-state index is 11.7. The van der Waals surface area contributed by atoms with Gasteiger partial charge in [-0.25, -0.2) is 15.0 Å². The number of anilines is 2. The van der Waals surface area contributed by atoms with Gasteiger partial charge in [-0.15, -0.1) is 0 Å². The largest absolute Gasteiger partial charge is 0.481 e. The lowest BCUT2D eigenvalue weighted by molar-refractivity contribution is -0.146. The summed E-state index contributed by atoms with van der Waals surface area (Å²) >= 11 is 6.33. The molecule has 0 unspecified atom stereocenters. The summed E-state index contributed by atoms with van der Waals surface area (Å²) < 4.78 is 5.76. The molecule has 0 fully saturated rings. The number of aromatic nitrogens is 3. The predicted molar refractivity (Wildman–Crippen MR) is 116 cm³/mol. The van der Waals surface area contributed by atoms with Gasteiger partial charge in [0.1, 0.15) is 12.3 Å². The lowest BCUT2D eigenvalue weighted by Gasteiger charge is -2.36. The third-order valence-corrected chi connectivity index (χ3v) is 5.69. The Hall–Kier alpha value is -3.13. The molecule has 2 aromatic heterocycles. The van der Waals surface area contributed by atoms with Crippen molar-refractivity contribution in [3.05, 3.63) is 35.1 Å². The quantitative estimate of drug-likeness (QED) is 0.649. The number of carbonyl (C=O) groups is 1. The van der Waals surface area contributed by atoms with Crippen LogP contribution in [-0.4, -0.2) is 45.7 Å². The normalized spacial score (nSPS) is 13.8. The van der Waals surface area contributed by atoms with E-state index in [4.69, 9.17) is 22.1 Å². The number of carboxylic acid groups (broad SMARTS) is 1. The number of hydrogen-bond acceptors (Lipinski definition) is 7. The van der Waals surface area contributed by atoms with Gasteiger partial charge in [0.15, 0.2) is 0 Å². The number of fused-ring (bicyclic) bond motifs is 2. The van der Waals surface area contributed by atoms with Crippen molar-refractivity contribution in [2.75, 3.05) is 30.3 Å². The van der Waals surface area contributed by atoms with Gasteiger partial charge < -0.3 is 20.5 Å². The summed E-state index contributed by atoms with van der Waals surface area (Å²) in [5.41, 5.74) is 8.90. The van der Waals surface area contributed by atoms with Crippen molar-refractivity contribution in [1.29, 1.82) is 0 Å². The van der Waals surface area contributed by atoms with E-state index >= 15 is 0 Å². The van der Waals surface area contributed by atoms with Crippen LogP contribution in [0.4, 0.5) is 11.6 Å². The minimum absolute atomic E-state index is 0.155. The standard InChI is InChI=1S/C21H22ClN5O3/c1-11-13(12-4-5-15(22)14-9-25-20(23)26-16(12)14)8-24-18-17(11)27(6-7-30-18)10-21(2,3)19(28)29/h4-5,8-9H,6-7,10H2,1-3H3,(H,28,29)(H2,23,25,26). The number of carboxylic acids is 1. The summed E-state index contributed by atoms with van der Waals surface area (Å²) in [6.07, 6.45) is 3.34. The number of pyridine rings is 1. The molecule has 156 valence electrons. The van der Waals surface area contributed by atoms with Gasteiger partial charge >= 0.3 is 5.97 Å². The van der Waals surface area contributed by atoms with Crippen molar-refractivity contribution in [2.45, 2.75) is 20.8 Å². The predicted octanol–water partition coefficient (Wildman–Crippen LogP) is 3.55. The van der Waals surface area contributed by atoms with Crippen molar-refractivity contribution >= 4 is 40.1 Å². The summed E-state index contributed by atoms with van der Waals surface area (Å²) in [6, 6.07) is 3.67. The van der Waals surface area contributed by atoms with E-state index in [2.05, 4.69) is 15.0 Å². The highest BCUT2D eigenvalue weighted by Gasteiger charge is 2.33. The Bertz CT molecular complexity index is 1170. The SMILES string of the molecule is Cc1c(-c2ccc(Cl)c3cnc(N)nc23)cnc2c1N(CC(C)(C)C(=O)O)CCO2. The Kier molecular flexibility index (Phi) is 4.89. The first-order chi connectivity index (χ1) is 14.2. The number of rotatable bonds is 4. The van der Waals surface area contributed by atoms with Crippen LogP contribution in [0, 0.1) is 12.3 Å². The highest BCUT2D eigenvalue weighted by molar-refractivity contribution is 6.35. The Morgan fingerprint density at radius 2 is 2.07 bits per heavy atom. The molecule has 0 saturated heterocycles. The van der Waals surface area contributed by atoms with Crippen molar-refractivity contribution in [1.82, 2.24) is 15.0 Å². The highest BCUT2D eigenvalue weighted by atomic mass is 35.5. The Morgan fingerprint density at radius 3 is 2.80 bits per heavy atom. The second kappa shape index (κ2) is 7.28. The summed E-state index contributed by atoms with van der Waals surface area (Å²) in [5.74, 6) is -0.202. The van der Waals surface area contributed by atoms with Crippen molar-refractivity contribution < 1.29 is 14.6 Å². The first-order valence-electron chi connectivity index (χ1n) is 9.51. The van der Waals surface area contributed by atoms with Crippen molar-refractivity contribution in [2.24, 2.45) is 5.41 Å². The Balaban J connectivity index is 1.88. The summed E-state index contributed by atoms with van der Waals surface area (Å²) in [4.78, 5) is 26.7. The Labute approximate surface area is 178 Å². The van der Waals surface area contributed by atoms with Gasteiger partial charge in [-0.3, -0.25) is 4.79 Å². The van der Waals surface area contributed by atoms with Crippen molar-refractivity contribution in [3.63, 3.8) is 0 Å². The van der Waals surface area contributed by atoms with Crippen LogP contribution in [0.15, 0.2) is 24.5 Å². The lowest BCUT2D eigenvalue weighted by atomic mass is 9.92. The molecule has 0 amide bonds. The van der Waals surface area contributed by atoms with Gasteiger partial charge in [-0.1, -0.05) is 17.7 Å². The third-order valence-electron chi connectivity index (χ3n) is 5.36. The molecule has 8 nitrogen and oxygen atoms in total. The summed E-state index contributed by atoms with van der Waals surface area (Å²) in [7, 11) is 0. The van der Waals surface area contributed by atoms with Crippen LogP contribution < -0.4 is 15.4 Å². The molecule has 0 atom stereocenters. The maximum atomic E-state index is 11.7. The zero-order chi connectivity index (χ0) is 21.6. The second-order valence-electron chi connectivity index (χ2n) is 8.00. The molecule has 0 spiro atoms. The number of benzene rings is 1. The van der Waals surface area contributed by atoms with Crippen molar-refractivity contribution in [3.8, 4) is 17.0 Å². The first-order valence-corrected chi connectivity index (χ1v) is 9.88. The van der Waals surface area contributed by atoms with E-state index in [1.807, 2.05) is 17.9 Å². The summed E-state index contributed by atoms with van der Waals surface area (Å²) in [6.45, 7) is 6.75. The van der Waals surface area contributed by atoms with E-state index in [1.54, 1.807) is 32.3 Å². The molecule has 4 rings (SSSR count). The van der Waals surface area contributed by atoms with E-state index in [9.17, 15) is 9.90 Å². The van der Waals surface area contributed by atoms with Gasteiger partial charge in [0, 0.05) is 35.5 Å². The van der Waals surface area contributed by atoms with Gasteiger partial charge in [0.25, 0.3) is 0 Å². The second-order valence-corrected chi connectivity index (χ2v) is 8.40. The molecular weight excluding hydrogens is 406 g/mol. The monoisotopic (exact) mass is 427 g/mol. The van der Waals surface area contributed by atoms with Gasteiger partial charge in [-0.2, -0.15) is 0 Å². The van der Waals surface area contributed by atoms with Crippen LogP contribution in [0.5, 0.6) is 5.88 Å². The van der Waals surface area contributed by atoms with Crippen LogP contribution in [-0.2, 0) is 4.79 Å². The number of hydrogen-bond donors (Lipinski definition) is 2. The van der Waals surface area contributed by atoms with Gasteiger partial charge in [0.05, 0.1) is 22.5 Å². The van der Waals surface area contributed by atoms with E-state index in [-0.39, 0.29) is 5.95 Å². The molecule has 30 heavy (non-hydrogen) atoms. The van der Waals surface area contributed by atoms with E-state index < -0.39 is 11.4 Å². The Morgan fingerprint density at radius 1 is 1.30 bits per heavy atom. The fourth-order valence-electron chi connectivity index (χ4n) is 3.70. The highest BCUT2D eigenvalue weighted by Crippen LogP contribution is 2.41. The number of aliphatic carboxylic acids is 1. The number of ether oxygens (including phenoxy) is 1. The number of nitrogen functional groups attached to an aromatic ring is 1. The molecule has 1 aliphatic heterocycles. The number of halogens is 1. The van der Waals surface area contributed by atoms with Gasteiger partial charge in [0.2, 0.25) is 11.8 Å². The van der Waals surface area contributed by atoms with Crippen LogP contribution in [0.3, 0.4) is 0 Å². The molecular formula is C21H22ClN5O3. The zero-order valence-electron chi connectivity index (χ0n) is 16.9. The van der Waals surface area contributed by atoms with E-state index in [1.165, 1.54) is 0 Å². The fourth-order valence-corrected chi connectivity index (χ4v) is 3.91. The zero-order valence-corrected chi connectivity index (χ0v) is 17.7. The number of nitrogens with zero attached hydrogens (tertiary/aromatic N) is 4. The molecule has 1 aliphatic rings. The smallest absolute Gasteiger partial charge is 0.310 e. The fraction of sp³-hybridized carbons (Fsp3) is 0.333. The molecule has 0 radical (unpaired) electrons. The third kappa shape index (κ3) is 3.37. The molecule has 1 aromatic carbocycles. The average molecular weight is 428 g/mol. The van der Waals surface area contributed by atoms with E-state index in [0.717, 1.165) is 22.4 Å². The molecule has 3 N–H and O–H groups in total. The maximum Gasteiger partial charge on any atom is 0.310 e. The minimum Gasteiger partial charge on any atom is -0.481 e. The topological polar surface area (TPSA) is 114 Å². The molecule has 0 aliphatic carbocycles. The number of nitrogens with two attached hydrogens (primary N) is 1. The van der Waals surface area contributed by atoms with E-state index in [0.29, 0.717) is 41.5 Å². The van der Waals surface area contributed by atoms with Crippen LogP contribution in [0.1, 0.15) is 19.4 Å². The summed E-state index contributed by atoms with van der Waals surface area (Å²) in [5, 5.41) is 10.8. The van der Waals surface area contributed by atoms with Gasteiger partial charge in [-0.05, 0) is 32.4 Å². The molecule has 3 aromatic rings. The average Bonchev–Trinajstić information content (AvgIpc) is 2.69. The molecule has 0 bridgehead atoms.